The molecule has 0 bridgehead atoms. The molecule has 2 aromatic rings. The minimum absolute atomic E-state index is 0.0152. The number of rotatable bonds is 4. The highest BCUT2D eigenvalue weighted by Crippen LogP contribution is 2.27. The zero-order valence-electron chi connectivity index (χ0n) is 13.9. The van der Waals surface area contributed by atoms with Crippen molar-refractivity contribution in [2.45, 2.75) is 31.8 Å². The molecule has 3 N–H and O–H groups in total. The molecular weight excluding hydrogens is 345 g/mol. The number of anilines is 1. The molecule has 0 saturated carbocycles. The molecule has 3 rings (SSSR count). The summed E-state index contributed by atoms with van der Waals surface area (Å²) >= 11 is 0. The number of carbonyl (C=O) groups is 1. The third kappa shape index (κ3) is 3.64. The number of halogens is 1. The Bertz CT molecular complexity index is 868. The van der Waals surface area contributed by atoms with Crippen LogP contribution in [0.25, 0.3) is 0 Å². The molecule has 1 aliphatic rings. The molecule has 3 atom stereocenters. The molecule has 1 fully saturated rings. The van der Waals surface area contributed by atoms with Gasteiger partial charge in [0, 0.05) is 12.0 Å². The summed E-state index contributed by atoms with van der Waals surface area (Å²) in [4.78, 5) is 27.8. The van der Waals surface area contributed by atoms with Gasteiger partial charge in [-0.2, -0.15) is 4.98 Å². The van der Waals surface area contributed by atoms with Gasteiger partial charge in [0.05, 0.1) is 18.9 Å². The first kappa shape index (κ1) is 18.2. The monoisotopic (exact) mass is 363 g/mol. The van der Waals surface area contributed by atoms with E-state index in [-0.39, 0.29) is 6.42 Å². The van der Waals surface area contributed by atoms with Crippen LogP contribution in [0, 0.1) is 12.7 Å². The van der Waals surface area contributed by atoms with E-state index in [1.807, 2.05) is 6.92 Å². The number of nitrogens with one attached hydrogen (secondary N) is 1. The molecule has 0 radical (unpaired) electrons. The van der Waals surface area contributed by atoms with Crippen LogP contribution in [0.15, 0.2) is 35.3 Å². The Labute approximate surface area is 147 Å². The van der Waals surface area contributed by atoms with E-state index in [0.717, 1.165) is 16.3 Å². The fourth-order valence-electron chi connectivity index (χ4n) is 2.67. The molecule has 1 aromatic carbocycles. The summed E-state index contributed by atoms with van der Waals surface area (Å²) in [6, 6.07) is 6.62. The van der Waals surface area contributed by atoms with Crippen LogP contribution in [-0.4, -0.2) is 44.5 Å². The number of amides is 1. The highest BCUT2D eigenvalue weighted by Gasteiger charge is 2.35. The first-order chi connectivity index (χ1) is 12.4. The Kier molecular flexibility index (Phi) is 5.12. The van der Waals surface area contributed by atoms with Gasteiger partial charge in [-0.25, -0.2) is 9.18 Å². The number of nitrogens with zero attached hydrogens (tertiary/aromatic N) is 2. The van der Waals surface area contributed by atoms with E-state index in [1.54, 1.807) is 24.3 Å². The second-order valence-corrected chi connectivity index (χ2v) is 6.06. The second kappa shape index (κ2) is 7.32. The standard InChI is InChI=1S/C17H18FN3O5/c1-9-2-4-10(5-3-9)16(24)19-15-11(18)7-21(17(25)20-15)14-6-12(23)13(8-22)26-14/h2-5,7,12-14,22-23H,6,8H2,1H3,(H,19,20,24,25)/t12-,13+,14+/m0/s1. The predicted octanol–water partition coefficient (Wildman–Crippen LogP) is 0.584. The van der Waals surface area contributed by atoms with Crippen molar-refractivity contribution in [1.82, 2.24) is 9.55 Å². The molecule has 138 valence electrons. The zero-order chi connectivity index (χ0) is 18.8. The summed E-state index contributed by atoms with van der Waals surface area (Å²) in [5, 5.41) is 21.1. The van der Waals surface area contributed by atoms with Gasteiger partial charge in [-0.1, -0.05) is 17.7 Å². The lowest BCUT2D eigenvalue weighted by Crippen LogP contribution is -2.30. The first-order valence-corrected chi connectivity index (χ1v) is 8.00. The molecule has 9 heteroatoms. The fraction of sp³-hybridized carbons (Fsp3) is 0.353. The number of aliphatic hydroxyl groups excluding tert-OH is 2. The van der Waals surface area contributed by atoms with Gasteiger partial charge in [0.1, 0.15) is 12.3 Å². The van der Waals surface area contributed by atoms with Crippen LogP contribution in [0.2, 0.25) is 0 Å². The summed E-state index contributed by atoms with van der Waals surface area (Å²) in [6.07, 6.45) is -1.89. The summed E-state index contributed by atoms with van der Waals surface area (Å²) < 4.78 is 20.5. The Morgan fingerprint density at radius 2 is 2.12 bits per heavy atom. The van der Waals surface area contributed by atoms with Crippen LogP contribution in [0.1, 0.15) is 28.6 Å². The lowest BCUT2D eigenvalue weighted by atomic mass is 10.1. The minimum atomic E-state index is -0.971. The molecule has 1 aliphatic heterocycles. The Balaban J connectivity index is 1.80. The number of aryl methyl sites for hydroxylation is 1. The maximum absolute atomic E-state index is 14.3. The highest BCUT2D eigenvalue weighted by atomic mass is 19.1. The molecule has 8 nitrogen and oxygen atoms in total. The second-order valence-electron chi connectivity index (χ2n) is 6.06. The Morgan fingerprint density at radius 3 is 2.73 bits per heavy atom. The number of aliphatic hydroxyl groups is 2. The maximum atomic E-state index is 14.3. The summed E-state index contributed by atoms with van der Waals surface area (Å²) in [5.41, 5.74) is 0.420. The molecule has 1 aromatic heterocycles. The van der Waals surface area contributed by atoms with Gasteiger partial charge in [0.25, 0.3) is 5.91 Å². The molecular formula is C17H18FN3O5. The van der Waals surface area contributed by atoms with Crippen LogP contribution in [0.5, 0.6) is 0 Å². The summed E-state index contributed by atoms with van der Waals surface area (Å²) in [5.74, 6) is -2.01. The number of aromatic nitrogens is 2. The average molecular weight is 363 g/mol. The van der Waals surface area contributed by atoms with Gasteiger partial charge in [-0.15, -0.1) is 0 Å². The average Bonchev–Trinajstić information content (AvgIpc) is 2.99. The number of hydrogen-bond acceptors (Lipinski definition) is 6. The van der Waals surface area contributed by atoms with E-state index in [2.05, 4.69) is 10.3 Å². The maximum Gasteiger partial charge on any atom is 0.351 e. The van der Waals surface area contributed by atoms with Gasteiger partial charge in [0.2, 0.25) is 0 Å². The van der Waals surface area contributed by atoms with Gasteiger partial charge < -0.3 is 20.3 Å². The van der Waals surface area contributed by atoms with Gasteiger partial charge in [-0.05, 0) is 19.1 Å². The Hall–Kier alpha value is -2.62. The van der Waals surface area contributed by atoms with Crippen molar-refractivity contribution in [1.29, 1.82) is 0 Å². The molecule has 1 saturated heterocycles. The highest BCUT2D eigenvalue weighted by molar-refractivity contribution is 6.03. The van der Waals surface area contributed by atoms with E-state index < -0.39 is 48.3 Å². The van der Waals surface area contributed by atoms with E-state index in [9.17, 15) is 19.1 Å². The molecule has 1 amide bonds. The van der Waals surface area contributed by atoms with E-state index in [0.29, 0.717) is 5.56 Å². The van der Waals surface area contributed by atoms with Crippen LogP contribution in [-0.2, 0) is 4.74 Å². The lowest BCUT2D eigenvalue weighted by molar-refractivity contribution is -0.0461. The van der Waals surface area contributed by atoms with E-state index in [4.69, 9.17) is 9.84 Å². The van der Waals surface area contributed by atoms with Gasteiger partial charge >= 0.3 is 5.69 Å². The van der Waals surface area contributed by atoms with Gasteiger partial charge in [-0.3, -0.25) is 9.36 Å². The molecule has 0 aliphatic carbocycles. The van der Waals surface area contributed by atoms with Crippen LogP contribution in [0.4, 0.5) is 10.2 Å². The van der Waals surface area contributed by atoms with Crippen LogP contribution < -0.4 is 11.0 Å². The summed E-state index contributed by atoms with van der Waals surface area (Å²) in [7, 11) is 0. The molecule has 2 heterocycles. The van der Waals surface area contributed by atoms with Crippen LogP contribution >= 0.6 is 0 Å². The van der Waals surface area contributed by atoms with Crippen molar-refractivity contribution in [3.8, 4) is 0 Å². The molecule has 0 spiro atoms. The topological polar surface area (TPSA) is 114 Å². The molecule has 0 unspecified atom stereocenters. The van der Waals surface area contributed by atoms with E-state index in [1.165, 1.54) is 0 Å². The first-order valence-electron chi connectivity index (χ1n) is 8.00. The number of carbonyl (C=O) groups excluding carboxylic acids is 1. The normalized spacial score (nSPS) is 22.4. The minimum Gasteiger partial charge on any atom is -0.394 e. The van der Waals surface area contributed by atoms with Gasteiger partial charge in [0.15, 0.2) is 11.6 Å². The van der Waals surface area contributed by atoms with Crippen molar-refractivity contribution in [3.05, 3.63) is 57.9 Å². The third-order valence-corrected chi connectivity index (χ3v) is 4.15. The predicted molar refractivity (Wildman–Crippen MR) is 89.2 cm³/mol. The lowest BCUT2D eigenvalue weighted by Gasteiger charge is -2.15. The van der Waals surface area contributed by atoms with Crippen LogP contribution in [0.3, 0.4) is 0 Å². The third-order valence-electron chi connectivity index (χ3n) is 4.15. The largest absolute Gasteiger partial charge is 0.394 e. The van der Waals surface area contributed by atoms with Crippen molar-refractivity contribution >= 4 is 11.7 Å². The molecule has 26 heavy (non-hydrogen) atoms. The van der Waals surface area contributed by atoms with Crippen molar-refractivity contribution in [3.63, 3.8) is 0 Å². The quantitative estimate of drug-likeness (QED) is 0.732. The number of hydrogen-bond donors (Lipinski definition) is 3. The Morgan fingerprint density at radius 1 is 1.42 bits per heavy atom. The SMILES string of the molecule is Cc1ccc(C(=O)Nc2nc(=O)n([C@H]3C[C@H](O)[C@@H](CO)O3)cc2F)cc1. The van der Waals surface area contributed by atoms with Crippen molar-refractivity contribution in [2.75, 3.05) is 11.9 Å². The van der Waals surface area contributed by atoms with E-state index >= 15 is 0 Å². The van der Waals surface area contributed by atoms with Crippen molar-refractivity contribution in [2.24, 2.45) is 0 Å². The number of benzene rings is 1. The zero-order valence-corrected chi connectivity index (χ0v) is 13.9. The number of ether oxygens (including phenoxy) is 1. The summed E-state index contributed by atoms with van der Waals surface area (Å²) in [6.45, 7) is 1.44. The van der Waals surface area contributed by atoms with Crippen molar-refractivity contribution < 1.29 is 24.1 Å². The fourth-order valence-corrected chi connectivity index (χ4v) is 2.67. The smallest absolute Gasteiger partial charge is 0.351 e.